The monoisotopic (exact) mass is 216 g/mol. The standard InChI is InChI=1S/C15H20O/c1-9-6-5-7-10-8-11(16)12-13(14(12,2)3)15(9,10)4/h5,7-9,12-13H,6H2,1-4H3/t9-,12+,13+,15+/m1/s1. The van der Waals surface area contributed by atoms with Crippen molar-refractivity contribution >= 4 is 5.78 Å². The molecule has 86 valence electrons. The summed E-state index contributed by atoms with van der Waals surface area (Å²) in [7, 11) is 0. The Morgan fingerprint density at radius 3 is 2.69 bits per heavy atom. The van der Waals surface area contributed by atoms with Gasteiger partial charge >= 0.3 is 0 Å². The van der Waals surface area contributed by atoms with Crippen molar-refractivity contribution < 1.29 is 4.79 Å². The van der Waals surface area contributed by atoms with E-state index in [0.717, 1.165) is 6.42 Å². The number of hydrogen-bond acceptors (Lipinski definition) is 1. The second-order valence-corrected chi connectivity index (χ2v) is 6.60. The molecule has 0 amide bonds. The fourth-order valence-electron chi connectivity index (χ4n) is 4.33. The number of allylic oxidation sites excluding steroid dienone is 4. The molecule has 0 saturated heterocycles. The second kappa shape index (κ2) is 2.69. The Labute approximate surface area is 97.6 Å². The number of fused-ring (bicyclic) bond motifs is 3. The van der Waals surface area contributed by atoms with Gasteiger partial charge in [-0.2, -0.15) is 0 Å². The Morgan fingerprint density at radius 2 is 2.00 bits per heavy atom. The van der Waals surface area contributed by atoms with E-state index in [1.165, 1.54) is 5.57 Å². The molecule has 1 heteroatoms. The molecule has 0 aromatic heterocycles. The maximum Gasteiger partial charge on any atom is 0.159 e. The molecule has 0 aromatic rings. The molecule has 0 bridgehead atoms. The summed E-state index contributed by atoms with van der Waals surface area (Å²) in [5.41, 5.74) is 1.73. The van der Waals surface area contributed by atoms with E-state index in [9.17, 15) is 4.79 Å². The van der Waals surface area contributed by atoms with Crippen molar-refractivity contribution in [3.05, 3.63) is 23.8 Å². The van der Waals surface area contributed by atoms with Gasteiger partial charge < -0.3 is 0 Å². The first-order chi connectivity index (χ1) is 7.40. The third-order valence-corrected chi connectivity index (χ3v) is 5.51. The summed E-state index contributed by atoms with van der Waals surface area (Å²) in [6.07, 6.45) is 7.48. The minimum atomic E-state index is 0.212. The Hall–Kier alpha value is -0.850. The van der Waals surface area contributed by atoms with E-state index in [1.807, 2.05) is 6.08 Å². The van der Waals surface area contributed by atoms with Crippen LogP contribution < -0.4 is 0 Å². The smallest absolute Gasteiger partial charge is 0.159 e. The number of rotatable bonds is 0. The topological polar surface area (TPSA) is 17.1 Å². The average molecular weight is 216 g/mol. The summed E-state index contributed by atoms with van der Waals surface area (Å²) in [5.74, 6) is 1.87. The van der Waals surface area contributed by atoms with Crippen LogP contribution in [-0.2, 0) is 4.79 Å². The maximum absolute atomic E-state index is 12.0. The summed E-state index contributed by atoms with van der Waals surface area (Å²) in [6.45, 7) is 9.21. The SMILES string of the molecule is C[C@@H]1CC=CC2=CC(=O)[C@H]3[C@@H](C3(C)C)[C@]21C. The van der Waals surface area contributed by atoms with Gasteiger partial charge in [0.25, 0.3) is 0 Å². The largest absolute Gasteiger partial charge is 0.295 e. The van der Waals surface area contributed by atoms with Gasteiger partial charge in [0.1, 0.15) is 0 Å². The quantitative estimate of drug-likeness (QED) is 0.606. The number of hydrogen-bond donors (Lipinski definition) is 0. The predicted molar refractivity (Wildman–Crippen MR) is 64.9 cm³/mol. The Morgan fingerprint density at radius 1 is 1.31 bits per heavy atom. The second-order valence-electron chi connectivity index (χ2n) is 6.60. The van der Waals surface area contributed by atoms with Crippen LogP contribution in [0, 0.1) is 28.6 Å². The van der Waals surface area contributed by atoms with Crippen LogP contribution in [0.25, 0.3) is 0 Å². The maximum atomic E-state index is 12.0. The van der Waals surface area contributed by atoms with E-state index < -0.39 is 0 Å². The van der Waals surface area contributed by atoms with E-state index in [1.54, 1.807) is 0 Å². The van der Waals surface area contributed by atoms with Gasteiger partial charge in [-0.1, -0.05) is 39.8 Å². The summed E-state index contributed by atoms with van der Waals surface area (Å²) in [5, 5.41) is 0. The van der Waals surface area contributed by atoms with Crippen LogP contribution in [0.5, 0.6) is 0 Å². The van der Waals surface area contributed by atoms with E-state index in [-0.39, 0.29) is 16.7 Å². The molecule has 0 aromatic carbocycles. The summed E-state index contributed by atoms with van der Waals surface area (Å²) in [6, 6.07) is 0. The average Bonchev–Trinajstić information content (AvgIpc) is 2.77. The first kappa shape index (κ1) is 10.3. The molecule has 0 unspecified atom stereocenters. The van der Waals surface area contributed by atoms with Crippen molar-refractivity contribution in [1.82, 2.24) is 0 Å². The molecule has 1 nitrogen and oxygen atoms in total. The van der Waals surface area contributed by atoms with Gasteiger partial charge in [-0.3, -0.25) is 4.79 Å². The first-order valence-corrected chi connectivity index (χ1v) is 6.32. The van der Waals surface area contributed by atoms with Gasteiger partial charge in [-0.05, 0) is 40.7 Å². The lowest BCUT2D eigenvalue weighted by Crippen LogP contribution is -2.36. The summed E-state index contributed by atoms with van der Waals surface area (Å²) >= 11 is 0. The highest BCUT2D eigenvalue weighted by Crippen LogP contribution is 2.72. The number of carbonyl (C=O) groups excluding carboxylic acids is 1. The Kier molecular flexibility index (Phi) is 1.74. The van der Waals surface area contributed by atoms with Crippen LogP contribution in [0.1, 0.15) is 34.1 Å². The van der Waals surface area contributed by atoms with Crippen molar-refractivity contribution in [2.24, 2.45) is 28.6 Å². The van der Waals surface area contributed by atoms with Crippen LogP contribution in [-0.4, -0.2) is 5.78 Å². The van der Waals surface area contributed by atoms with Crippen LogP contribution in [0.3, 0.4) is 0 Å². The predicted octanol–water partition coefficient (Wildman–Crippen LogP) is 3.37. The minimum absolute atomic E-state index is 0.212. The van der Waals surface area contributed by atoms with E-state index in [4.69, 9.17) is 0 Å². The van der Waals surface area contributed by atoms with E-state index in [2.05, 4.69) is 39.8 Å². The summed E-state index contributed by atoms with van der Waals surface area (Å²) < 4.78 is 0. The highest BCUT2D eigenvalue weighted by molar-refractivity contribution is 5.98. The van der Waals surface area contributed by atoms with Gasteiger partial charge in [-0.25, -0.2) is 0 Å². The van der Waals surface area contributed by atoms with E-state index in [0.29, 0.717) is 17.6 Å². The van der Waals surface area contributed by atoms with Gasteiger partial charge in [0, 0.05) is 5.92 Å². The van der Waals surface area contributed by atoms with Crippen molar-refractivity contribution in [2.45, 2.75) is 34.1 Å². The number of carbonyl (C=O) groups is 1. The molecule has 0 aliphatic heterocycles. The molecule has 0 heterocycles. The van der Waals surface area contributed by atoms with Crippen molar-refractivity contribution in [3.8, 4) is 0 Å². The van der Waals surface area contributed by atoms with Crippen molar-refractivity contribution in [1.29, 1.82) is 0 Å². The van der Waals surface area contributed by atoms with Gasteiger partial charge in [0.15, 0.2) is 5.78 Å². The van der Waals surface area contributed by atoms with Gasteiger partial charge in [0.2, 0.25) is 0 Å². The fourth-order valence-corrected chi connectivity index (χ4v) is 4.33. The molecular weight excluding hydrogens is 196 g/mol. The molecule has 0 radical (unpaired) electrons. The molecule has 3 aliphatic carbocycles. The molecule has 0 spiro atoms. The highest BCUT2D eigenvalue weighted by atomic mass is 16.1. The summed E-state index contributed by atoms with van der Waals surface area (Å²) in [4.78, 5) is 12.0. The third-order valence-electron chi connectivity index (χ3n) is 5.51. The molecule has 1 fully saturated rings. The van der Waals surface area contributed by atoms with Crippen molar-refractivity contribution in [3.63, 3.8) is 0 Å². The normalized spacial score (nSPS) is 48.1. The molecule has 3 aliphatic rings. The van der Waals surface area contributed by atoms with Gasteiger partial charge in [0.05, 0.1) is 0 Å². The lowest BCUT2D eigenvalue weighted by molar-refractivity contribution is -0.117. The van der Waals surface area contributed by atoms with Gasteiger partial charge in [-0.15, -0.1) is 0 Å². The zero-order valence-electron chi connectivity index (χ0n) is 10.6. The zero-order chi connectivity index (χ0) is 11.7. The Bertz CT molecular complexity index is 427. The van der Waals surface area contributed by atoms with Crippen LogP contribution >= 0.6 is 0 Å². The first-order valence-electron chi connectivity index (χ1n) is 6.32. The molecule has 1 saturated carbocycles. The lowest BCUT2D eigenvalue weighted by atomic mass is 9.61. The van der Waals surface area contributed by atoms with Crippen LogP contribution in [0.4, 0.5) is 0 Å². The zero-order valence-corrected chi connectivity index (χ0v) is 10.6. The molecule has 4 atom stereocenters. The van der Waals surface area contributed by atoms with Crippen molar-refractivity contribution in [2.75, 3.05) is 0 Å². The van der Waals surface area contributed by atoms with Crippen LogP contribution in [0.15, 0.2) is 23.8 Å². The molecule has 0 N–H and O–H groups in total. The fraction of sp³-hybridized carbons (Fsp3) is 0.667. The molecular formula is C15H20O. The van der Waals surface area contributed by atoms with Crippen LogP contribution in [0.2, 0.25) is 0 Å². The number of ketones is 1. The molecule has 16 heavy (non-hydrogen) atoms. The Balaban J connectivity index is 2.15. The van der Waals surface area contributed by atoms with E-state index >= 15 is 0 Å². The minimum Gasteiger partial charge on any atom is -0.295 e. The third kappa shape index (κ3) is 0.952. The highest BCUT2D eigenvalue weighted by Gasteiger charge is 2.70. The lowest BCUT2D eigenvalue weighted by Gasteiger charge is -2.42. The molecule has 3 rings (SSSR count).